The van der Waals surface area contributed by atoms with Crippen LogP contribution in [0, 0.1) is 0 Å². The van der Waals surface area contributed by atoms with Gasteiger partial charge in [-0.3, -0.25) is 4.79 Å². The second-order valence-corrected chi connectivity index (χ2v) is 5.51. The van der Waals surface area contributed by atoms with Crippen LogP contribution in [0.5, 0.6) is 0 Å². The fourth-order valence-electron chi connectivity index (χ4n) is 2.00. The summed E-state index contributed by atoms with van der Waals surface area (Å²) in [6, 6.07) is 10.3. The van der Waals surface area contributed by atoms with Gasteiger partial charge >= 0.3 is 6.18 Å². The second kappa shape index (κ2) is 4.96. The van der Waals surface area contributed by atoms with Crippen molar-refractivity contribution in [2.75, 3.05) is 0 Å². The molecule has 0 amide bonds. The van der Waals surface area contributed by atoms with Crippen molar-refractivity contribution in [1.29, 1.82) is 0 Å². The number of hydrogen-bond donors (Lipinski definition) is 0. The smallest absolute Gasteiger partial charge is 0.296 e. The zero-order chi connectivity index (χ0) is 15.0. The number of aldehydes is 1. The molecule has 106 valence electrons. The van der Waals surface area contributed by atoms with Crippen LogP contribution in [-0.4, -0.2) is 11.3 Å². The second-order valence-electron chi connectivity index (χ2n) is 4.43. The maximum atomic E-state index is 12.7. The average molecular weight is 307 g/mol. The summed E-state index contributed by atoms with van der Waals surface area (Å²) >= 11 is 1.34. The highest BCUT2D eigenvalue weighted by molar-refractivity contribution is 7.22. The van der Waals surface area contributed by atoms with Crippen LogP contribution in [0.3, 0.4) is 0 Å². The molecule has 6 heteroatoms. The molecular formula is C15H8F3NOS. The Labute approximate surface area is 121 Å². The molecule has 0 unspecified atom stereocenters. The number of rotatable bonds is 2. The van der Waals surface area contributed by atoms with Crippen molar-refractivity contribution in [2.45, 2.75) is 6.18 Å². The Morgan fingerprint density at radius 2 is 1.90 bits per heavy atom. The van der Waals surface area contributed by atoms with Crippen molar-refractivity contribution in [3.63, 3.8) is 0 Å². The highest BCUT2D eigenvalue weighted by atomic mass is 32.1. The van der Waals surface area contributed by atoms with Crippen LogP contribution < -0.4 is 0 Å². The molecule has 0 saturated heterocycles. The number of nitrogens with zero attached hydrogens (tertiary/aromatic N) is 1. The van der Waals surface area contributed by atoms with Crippen LogP contribution in [0.1, 0.15) is 16.1 Å². The molecule has 0 spiro atoms. The summed E-state index contributed by atoms with van der Waals surface area (Å²) < 4.78 is 38.8. The Morgan fingerprint density at radius 1 is 1.10 bits per heavy atom. The molecule has 3 aromatic rings. The van der Waals surface area contributed by atoms with Gasteiger partial charge in [0.1, 0.15) is 5.69 Å². The molecule has 0 aliphatic rings. The molecule has 0 radical (unpaired) electrons. The summed E-state index contributed by atoms with van der Waals surface area (Å²) in [5.74, 6) is 0. The minimum Gasteiger partial charge on any atom is -0.296 e. The van der Waals surface area contributed by atoms with E-state index in [2.05, 4.69) is 4.98 Å². The summed E-state index contributed by atoms with van der Waals surface area (Å²) in [7, 11) is 0. The number of pyridine rings is 1. The molecule has 0 bridgehead atoms. The van der Waals surface area contributed by atoms with Gasteiger partial charge in [0, 0.05) is 4.70 Å². The Morgan fingerprint density at radius 3 is 2.62 bits per heavy atom. The van der Waals surface area contributed by atoms with E-state index in [0.717, 1.165) is 21.7 Å². The first-order chi connectivity index (χ1) is 9.97. The van der Waals surface area contributed by atoms with E-state index in [1.54, 1.807) is 24.3 Å². The lowest BCUT2D eigenvalue weighted by Gasteiger charge is -2.05. The first-order valence-electron chi connectivity index (χ1n) is 6.01. The highest BCUT2D eigenvalue weighted by Gasteiger charge is 2.30. The van der Waals surface area contributed by atoms with Crippen LogP contribution in [0.15, 0.2) is 42.5 Å². The molecule has 21 heavy (non-hydrogen) atoms. The Bertz CT molecular complexity index is 823. The van der Waals surface area contributed by atoms with Crippen molar-refractivity contribution < 1.29 is 18.0 Å². The van der Waals surface area contributed by atoms with E-state index in [0.29, 0.717) is 23.1 Å². The minimum absolute atomic E-state index is 0.293. The van der Waals surface area contributed by atoms with E-state index in [4.69, 9.17) is 0 Å². The molecule has 0 fully saturated rings. The third-order valence-electron chi connectivity index (χ3n) is 2.99. The first kappa shape index (κ1) is 13.8. The minimum atomic E-state index is -4.36. The number of aromatic nitrogens is 1. The van der Waals surface area contributed by atoms with Gasteiger partial charge in [0.15, 0.2) is 6.29 Å². The number of halogens is 3. The summed E-state index contributed by atoms with van der Waals surface area (Å²) in [6.07, 6.45) is -3.72. The molecule has 2 aromatic heterocycles. The van der Waals surface area contributed by atoms with E-state index in [1.165, 1.54) is 17.4 Å². The van der Waals surface area contributed by atoms with Crippen LogP contribution in [-0.2, 0) is 6.18 Å². The van der Waals surface area contributed by atoms with Crippen molar-refractivity contribution in [3.8, 4) is 10.6 Å². The number of hydrogen-bond acceptors (Lipinski definition) is 3. The lowest BCUT2D eigenvalue weighted by atomic mass is 10.1. The van der Waals surface area contributed by atoms with E-state index in [1.807, 2.05) is 0 Å². The lowest BCUT2D eigenvalue weighted by Crippen LogP contribution is -2.03. The van der Waals surface area contributed by atoms with E-state index in [-0.39, 0.29) is 0 Å². The summed E-state index contributed by atoms with van der Waals surface area (Å²) in [4.78, 5) is 15.6. The molecule has 0 aliphatic heterocycles. The quantitative estimate of drug-likeness (QED) is 0.637. The monoisotopic (exact) mass is 307 g/mol. The van der Waals surface area contributed by atoms with Crippen molar-refractivity contribution in [1.82, 2.24) is 4.98 Å². The average Bonchev–Trinajstić information content (AvgIpc) is 2.89. The molecule has 3 rings (SSSR count). The SMILES string of the molecule is O=Cc1cccc(-c2cc3cc(C(F)(F)F)ccc3s2)n1. The third kappa shape index (κ3) is 2.67. The van der Waals surface area contributed by atoms with E-state index in [9.17, 15) is 18.0 Å². The predicted molar refractivity (Wildman–Crippen MR) is 75.4 cm³/mol. The molecule has 2 heterocycles. The van der Waals surface area contributed by atoms with E-state index < -0.39 is 11.7 Å². The molecule has 0 saturated carbocycles. The maximum absolute atomic E-state index is 12.7. The first-order valence-corrected chi connectivity index (χ1v) is 6.82. The topological polar surface area (TPSA) is 30.0 Å². The normalized spacial score (nSPS) is 11.8. The number of benzene rings is 1. The Balaban J connectivity index is 2.10. The summed E-state index contributed by atoms with van der Waals surface area (Å²) in [5, 5.41) is 0.517. The zero-order valence-corrected chi connectivity index (χ0v) is 11.3. The third-order valence-corrected chi connectivity index (χ3v) is 4.13. The van der Waals surface area contributed by atoms with Gasteiger partial charge in [-0.15, -0.1) is 11.3 Å². The Hall–Kier alpha value is -2.21. The molecule has 0 N–H and O–H groups in total. The van der Waals surface area contributed by atoms with Crippen LogP contribution in [0.25, 0.3) is 20.7 Å². The van der Waals surface area contributed by atoms with Crippen molar-refractivity contribution >= 4 is 27.7 Å². The number of fused-ring (bicyclic) bond motifs is 1. The van der Waals surface area contributed by atoms with Gasteiger partial charge in [-0.2, -0.15) is 13.2 Å². The number of alkyl halides is 3. The lowest BCUT2D eigenvalue weighted by molar-refractivity contribution is -0.137. The van der Waals surface area contributed by atoms with Crippen LogP contribution >= 0.6 is 11.3 Å². The fourth-order valence-corrected chi connectivity index (χ4v) is 3.01. The summed E-state index contributed by atoms with van der Waals surface area (Å²) in [6.45, 7) is 0. The predicted octanol–water partition coefficient (Wildman–Crippen LogP) is 4.79. The molecule has 0 aliphatic carbocycles. The molecule has 1 aromatic carbocycles. The fraction of sp³-hybridized carbons (Fsp3) is 0.0667. The van der Waals surface area contributed by atoms with Crippen molar-refractivity contribution in [3.05, 3.63) is 53.7 Å². The zero-order valence-electron chi connectivity index (χ0n) is 10.5. The van der Waals surface area contributed by atoms with Gasteiger partial charge in [-0.05, 0) is 41.8 Å². The van der Waals surface area contributed by atoms with Gasteiger partial charge in [0.25, 0.3) is 0 Å². The number of carbonyl (C=O) groups excluding carboxylic acids is 1. The van der Waals surface area contributed by atoms with E-state index >= 15 is 0 Å². The molecule has 2 nitrogen and oxygen atoms in total. The number of thiophene rings is 1. The van der Waals surface area contributed by atoms with Crippen LogP contribution in [0.2, 0.25) is 0 Å². The standard InChI is InChI=1S/C15H8F3NOS/c16-15(17,18)10-4-5-13-9(6-10)7-14(21-13)12-3-1-2-11(8-20)19-12/h1-8H. The summed E-state index contributed by atoms with van der Waals surface area (Å²) in [5.41, 5.74) is 0.198. The number of carbonyl (C=O) groups is 1. The van der Waals surface area contributed by atoms with Gasteiger partial charge in [0.2, 0.25) is 0 Å². The van der Waals surface area contributed by atoms with Gasteiger partial charge in [-0.25, -0.2) is 4.98 Å². The largest absolute Gasteiger partial charge is 0.416 e. The van der Waals surface area contributed by atoms with Gasteiger partial charge in [-0.1, -0.05) is 6.07 Å². The molecular weight excluding hydrogens is 299 g/mol. The van der Waals surface area contributed by atoms with Gasteiger partial charge in [0.05, 0.1) is 16.1 Å². The molecule has 0 atom stereocenters. The van der Waals surface area contributed by atoms with Gasteiger partial charge < -0.3 is 0 Å². The van der Waals surface area contributed by atoms with Crippen molar-refractivity contribution in [2.24, 2.45) is 0 Å². The van der Waals surface area contributed by atoms with Crippen LogP contribution in [0.4, 0.5) is 13.2 Å². The highest BCUT2D eigenvalue weighted by Crippen LogP contribution is 2.36. The maximum Gasteiger partial charge on any atom is 0.416 e. The Kier molecular flexibility index (Phi) is 3.25.